The Morgan fingerprint density at radius 1 is 1.12 bits per heavy atom. The number of nitrogens with one attached hydrogen (secondary N) is 1. The predicted octanol–water partition coefficient (Wildman–Crippen LogP) is 2.76. The molecule has 7 heteroatoms. The lowest BCUT2D eigenvalue weighted by Crippen LogP contribution is -2.30. The molecule has 7 nitrogen and oxygen atoms in total. The minimum atomic E-state index is -1.05. The molecule has 1 N–H and O–H groups in total. The monoisotopic (exact) mass is 354 g/mol. The molecule has 0 aromatic heterocycles. The van der Waals surface area contributed by atoms with Crippen LogP contribution in [0.2, 0.25) is 0 Å². The summed E-state index contributed by atoms with van der Waals surface area (Å²) in [5.41, 5.74) is 1.00. The number of amides is 1. The van der Waals surface area contributed by atoms with Gasteiger partial charge in [0.1, 0.15) is 5.56 Å². The molecule has 2 aromatic carbocycles. The highest BCUT2D eigenvalue weighted by Gasteiger charge is 2.23. The number of ether oxygens (including phenoxy) is 3. The Bertz CT molecular complexity index is 857. The van der Waals surface area contributed by atoms with Gasteiger partial charge >= 0.3 is 5.97 Å². The first-order valence-corrected chi connectivity index (χ1v) is 7.73. The van der Waals surface area contributed by atoms with E-state index in [1.54, 1.807) is 30.3 Å². The van der Waals surface area contributed by atoms with Crippen LogP contribution in [-0.4, -0.2) is 32.2 Å². The van der Waals surface area contributed by atoms with Crippen molar-refractivity contribution in [1.29, 1.82) is 5.26 Å². The van der Waals surface area contributed by atoms with E-state index in [0.717, 1.165) is 0 Å². The Labute approximate surface area is 151 Å². The molecule has 1 unspecified atom stereocenters. The maximum Gasteiger partial charge on any atom is 0.342 e. The summed E-state index contributed by atoms with van der Waals surface area (Å²) < 4.78 is 15.6. The summed E-state index contributed by atoms with van der Waals surface area (Å²) in [6.07, 6.45) is -1.05. The molecule has 1 amide bonds. The Morgan fingerprint density at radius 3 is 2.50 bits per heavy atom. The summed E-state index contributed by atoms with van der Waals surface area (Å²) in [6, 6.07) is 13.2. The zero-order chi connectivity index (χ0) is 19.1. The van der Waals surface area contributed by atoms with Gasteiger partial charge in [-0.3, -0.25) is 4.79 Å². The summed E-state index contributed by atoms with van der Waals surface area (Å²) in [5.74, 6) is -0.619. The number of hydrogen-bond acceptors (Lipinski definition) is 6. The van der Waals surface area contributed by atoms with Crippen LogP contribution in [-0.2, 0) is 9.53 Å². The van der Waals surface area contributed by atoms with E-state index in [1.165, 1.54) is 33.3 Å². The van der Waals surface area contributed by atoms with E-state index >= 15 is 0 Å². The number of rotatable bonds is 6. The van der Waals surface area contributed by atoms with Gasteiger partial charge in [0.15, 0.2) is 17.6 Å². The maximum absolute atomic E-state index is 12.4. The summed E-state index contributed by atoms with van der Waals surface area (Å²) >= 11 is 0. The number of anilines is 1. The molecule has 0 radical (unpaired) electrons. The molecule has 0 aliphatic carbocycles. The van der Waals surface area contributed by atoms with E-state index in [2.05, 4.69) is 5.32 Å². The number of methoxy groups -OCH3 is 2. The van der Waals surface area contributed by atoms with Crippen molar-refractivity contribution in [3.63, 3.8) is 0 Å². The number of hydrogen-bond donors (Lipinski definition) is 1. The van der Waals surface area contributed by atoms with Gasteiger partial charge in [0, 0.05) is 5.69 Å². The molecule has 2 rings (SSSR count). The average molecular weight is 354 g/mol. The molecule has 0 bridgehead atoms. The summed E-state index contributed by atoms with van der Waals surface area (Å²) in [4.78, 5) is 24.6. The largest absolute Gasteiger partial charge is 0.493 e. The quantitative estimate of drug-likeness (QED) is 0.801. The highest BCUT2D eigenvalue weighted by Crippen LogP contribution is 2.31. The molecule has 2 aromatic rings. The molecule has 134 valence electrons. The molecular weight excluding hydrogens is 336 g/mol. The van der Waals surface area contributed by atoms with Crippen LogP contribution in [0, 0.1) is 11.3 Å². The van der Waals surface area contributed by atoms with Crippen LogP contribution in [0.25, 0.3) is 0 Å². The van der Waals surface area contributed by atoms with Gasteiger partial charge in [0.05, 0.1) is 25.9 Å². The molecule has 0 aliphatic heterocycles. The van der Waals surface area contributed by atoms with Crippen LogP contribution in [0.1, 0.15) is 22.8 Å². The minimum Gasteiger partial charge on any atom is -0.493 e. The average Bonchev–Trinajstić information content (AvgIpc) is 2.67. The van der Waals surface area contributed by atoms with Crippen LogP contribution < -0.4 is 14.8 Å². The third-order valence-electron chi connectivity index (χ3n) is 3.54. The standard InChI is InChI=1S/C19H18N2O5/c1-12(18(22)21-14-7-4-6-13(10-14)11-20)26-19(23)15-8-5-9-16(24-2)17(15)25-3/h4-10,12H,1-3H3,(H,21,22). The topological polar surface area (TPSA) is 97.6 Å². The number of carbonyl (C=O) groups is 2. The first-order chi connectivity index (χ1) is 12.5. The summed E-state index contributed by atoms with van der Waals surface area (Å²) in [7, 11) is 2.87. The second-order valence-corrected chi connectivity index (χ2v) is 5.27. The Hall–Kier alpha value is -3.53. The predicted molar refractivity (Wildman–Crippen MR) is 94.2 cm³/mol. The molecule has 0 saturated carbocycles. The van der Waals surface area contributed by atoms with Gasteiger partial charge in [-0.1, -0.05) is 12.1 Å². The lowest BCUT2D eigenvalue weighted by Gasteiger charge is -2.16. The van der Waals surface area contributed by atoms with Crippen molar-refractivity contribution >= 4 is 17.6 Å². The summed E-state index contributed by atoms with van der Waals surface area (Å²) in [6.45, 7) is 1.45. The van der Waals surface area contributed by atoms with Gasteiger partial charge in [-0.25, -0.2) is 4.79 Å². The molecular formula is C19H18N2O5. The van der Waals surface area contributed by atoms with Gasteiger partial charge in [0.2, 0.25) is 0 Å². The number of nitrogens with zero attached hydrogens (tertiary/aromatic N) is 1. The Morgan fingerprint density at radius 2 is 1.85 bits per heavy atom. The number of benzene rings is 2. The lowest BCUT2D eigenvalue weighted by molar-refractivity contribution is -0.123. The number of nitriles is 1. The second kappa shape index (κ2) is 8.53. The van der Waals surface area contributed by atoms with Crippen molar-refractivity contribution in [2.45, 2.75) is 13.0 Å². The van der Waals surface area contributed by atoms with Crippen molar-refractivity contribution in [1.82, 2.24) is 0 Å². The fraction of sp³-hybridized carbons (Fsp3) is 0.211. The highest BCUT2D eigenvalue weighted by atomic mass is 16.6. The lowest BCUT2D eigenvalue weighted by atomic mass is 10.2. The van der Waals surface area contributed by atoms with E-state index < -0.39 is 18.0 Å². The SMILES string of the molecule is COc1cccc(C(=O)OC(C)C(=O)Nc2cccc(C#N)c2)c1OC. The van der Waals surface area contributed by atoms with Gasteiger partial charge < -0.3 is 19.5 Å². The molecule has 0 saturated heterocycles. The fourth-order valence-corrected chi connectivity index (χ4v) is 2.24. The molecule has 0 aliphatic rings. The molecule has 26 heavy (non-hydrogen) atoms. The maximum atomic E-state index is 12.4. The number of esters is 1. The van der Waals surface area contributed by atoms with E-state index in [9.17, 15) is 9.59 Å². The van der Waals surface area contributed by atoms with Crippen molar-refractivity contribution < 1.29 is 23.8 Å². The van der Waals surface area contributed by atoms with Crippen LogP contribution in [0.15, 0.2) is 42.5 Å². The van der Waals surface area contributed by atoms with Crippen LogP contribution in [0.3, 0.4) is 0 Å². The molecule has 1 atom stereocenters. The van der Waals surface area contributed by atoms with E-state index in [1.807, 2.05) is 6.07 Å². The number of para-hydroxylation sites is 1. The second-order valence-electron chi connectivity index (χ2n) is 5.27. The summed E-state index contributed by atoms with van der Waals surface area (Å²) in [5, 5.41) is 11.5. The first-order valence-electron chi connectivity index (χ1n) is 7.73. The van der Waals surface area contributed by atoms with Gasteiger partial charge in [-0.2, -0.15) is 5.26 Å². The zero-order valence-corrected chi connectivity index (χ0v) is 14.6. The smallest absolute Gasteiger partial charge is 0.342 e. The highest BCUT2D eigenvalue weighted by molar-refractivity contribution is 5.98. The van der Waals surface area contributed by atoms with E-state index in [4.69, 9.17) is 19.5 Å². The van der Waals surface area contributed by atoms with Crippen LogP contribution in [0.5, 0.6) is 11.5 Å². The Kier molecular flexibility index (Phi) is 6.17. The van der Waals surface area contributed by atoms with E-state index in [-0.39, 0.29) is 11.3 Å². The first kappa shape index (κ1) is 18.8. The van der Waals surface area contributed by atoms with Crippen molar-refractivity contribution in [2.24, 2.45) is 0 Å². The van der Waals surface area contributed by atoms with Crippen molar-refractivity contribution in [2.75, 3.05) is 19.5 Å². The van der Waals surface area contributed by atoms with Gasteiger partial charge in [0.25, 0.3) is 5.91 Å². The van der Waals surface area contributed by atoms with E-state index in [0.29, 0.717) is 17.0 Å². The van der Waals surface area contributed by atoms with Crippen molar-refractivity contribution in [3.8, 4) is 17.6 Å². The zero-order valence-electron chi connectivity index (χ0n) is 14.6. The van der Waals surface area contributed by atoms with Crippen LogP contribution in [0.4, 0.5) is 5.69 Å². The normalized spacial score (nSPS) is 11.0. The number of carbonyl (C=O) groups excluding carboxylic acids is 2. The van der Waals surface area contributed by atoms with Gasteiger partial charge in [-0.15, -0.1) is 0 Å². The van der Waals surface area contributed by atoms with Crippen LogP contribution >= 0.6 is 0 Å². The third kappa shape index (κ3) is 4.30. The molecule has 0 spiro atoms. The third-order valence-corrected chi connectivity index (χ3v) is 3.54. The fourth-order valence-electron chi connectivity index (χ4n) is 2.24. The Balaban J connectivity index is 2.09. The minimum absolute atomic E-state index is 0.151. The molecule has 0 fully saturated rings. The molecule has 0 heterocycles. The van der Waals surface area contributed by atoms with Gasteiger partial charge in [-0.05, 0) is 37.3 Å². The van der Waals surface area contributed by atoms with Crippen molar-refractivity contribution in [3.05, 3.63) is 53.6 Å².